The third-order valence-electron chi connectivity index (χ3n) is 4.96. The Kier molecular flexibility index (Phi) is 6.24. The lowest BCUT2D eigenvalue weighted by Crippen LogP contribution is -2.45. The molecule has 1 fully saturated rings. The van der Waals surface area contributed by atoms with E-state index in [1.54, 1.807) is 25.1 Å². The third kappa shape index (κ3) is 4.75. The smallest absolute Gasteiger partial charge is 0.375 e. The molecular weight excluding hydrogens is 418 g/mol. The van der Waals surface area contributed by atoms with E-state index in [4.69, 9.17) is 20.8 Å². The molecule has 1 aliphatic rings. The number of rotatable bonds is 6. The number of fused-ring (bicyclic) bond motifs is 1. The Hall–Kier alpha value is -2.06. The quantitative estimate of drug-likeness (QED) is 0.639. The van der Waals surface area contributed by atoms with Crippen molar-refractivity contribution in [2.75, 3.05) is 24.7 Å². The highest BCUT2D eigenvalue weighted by atomic mass is 35.5. The highest BCUT2D eigenvalue weighted by Gasteiger charge is 2.35. The number of hydrogen-bond donors (Lipinski definition) is 0. The van der Waals surface area contributed by atoms with Crippen molar-refractivity contribution in [3.63, 3.8) is 0 Å². The molecule has 9 heteroatoms. The molecule has 0 unspecified atom stereocenters. The summed E-state index contributed by atoms with van der Waals surface area (Å²) in [6, 6.07) is 4.81. The molecule has 0 saturated carbocycles. The van der Waals surface area contributed by atoms with Crippen LogP contribution in [-0.2, 0) is 19.4 Å². The summed E-state index contributed by atoms with van der Waals surface area (Å²) in [5.74, 6) is -1.01. The predicted molar refractivity (Wildman–Crippen MR) is 110 cm³/mol. The summed E-state index contributed by atoms with van der Waals surface area (Å²) >= 11 is 6.10. The fourth-order valence-corrected chi connectivity index (χ4v) is 5.49. The normalized spacial score (nSPS) is 18.3. The molecule has 0 spiro atoms. The van der Waals surface area contributed by atoms with E-state index < -0.39 is 28.3 Å². The first-order valence-electron chi connectivity index (χ1n) is 9.43. The average molecular weight is 442 g/mol. The van der Waals surface area contributed by atoms with E-state index in [2.05, 4.69) is 0 Å². The Morgan fingerprint density at radius 1 is 1.34 bits per heavy atom. The van der Waals surface area contributed by atoms with Gasteiger partial charge in [0.15, 0.2) is 22.0 Å². The molecule has 1 saturated heterocycles. The minimum absolute atomic E-state index is 0.000228. The number of hydrogen-bond acceptors (Lipinski definition) is 6. The zero-order valence-electron chi connectivity index (χ0n) is 16.6. The first-order valence-corrected chi connectivity index (χ1v) is 11.6. The van der Waals surface area contributed by atoms with Crippen molar-refractivity contribution >= 4 is 44.3 Å². The Balaban J connectivity index is 1.72. The van der Waals surface area contributed by atoms with Crippen LogP contribution in [0.2, 0.25) is 5.02 Å². The molecule has 1 aromatic heterocycles. The largest absolute Gasteiger partial charge is 0.450 e. The molecule has 0 aliphatic carbocycles. The van der Waals surface area contributed by atoms with Gasteiger partial charge in [-0.1, -0.05) is 37.6 Å². The molecule has 0 N–H and O–H groups in total. The van der Waals surface area contributed by atoms with Crippen LogP contribution >= 0.6 is 11.6 Å². The fraction of sp³-hybridized carbons (Fsp3) is 0.500. The summed E-state index contributed by atoms with van der Waals surface area (Å²) in [5, 5.41) is 1.08. The second-order valence-corrected chi connectivity index (χ2v) is 10.4. The van der Waals surface area contributed by atoms with Crippen LogP contribution < -0.4 is 0 Å². The maximum Gasteiger partial charge on any atom is 0.375 e. The molecule has 2 heterocycles. The van der Waals surface area contributed by atoms with Crippen LogP contribution in [0.3, 0.4) is 0 Å². The number of furan rings is 1. The number of carbonyl (C=O) groups excluding carboxylic acids is 2. The van der Waals surface area contributed by atoms with Gasteiger partial charge >= 0.3 is 5.97 Å². The van der Waals surface area contributed by atoms with Gasteiger partial charge in [0.1, 0.15) is 0 Å². The first kappa shape index (κ1) is 21.6. The van der Waals surface area contributed by atoms with Crippen LogP contribution in [0.25, 0.3) is 11.0 Å². The second kappa shape index (κ2) is 8.36. The zero-order valence-corrected chi connectivity index (χ0v) is 18.2. The van der Waals surface area contributed by atoms with Gasteiger partial charge in [-0.15, -0.1) is 0 Å². The van der Waals surface area contributed by atoms with E-state index in [0.717, 1.165) is 0 Å². The lowest BCUT2D eigenvalue weighted by molar-refractivity contribution is -0.137. The zero-order chi connectivity index (χ0) is 21.3. The molecular formula is C20H24ClNO6S. The molecule has 158 valence electrons. The molecule has 29 heavy (non-hydrogen) atoms. The minimum atomic E-state index is -3.14. The van der Waals surface area contributed by atoms with Gasteiger partial charge in [-0.05, 0) is 25.3 Å². The number of nitrogens with zero attached hydrogens (tertiary/aromatic N) is 1. The van der Waals surface area contributed by atoms with E-state index in [1.165, 1.54) is 4.90 Å². The van der Waals surface area contributed by atoms with Gasteiger partial charge in [-0.25, -0.2) is 13.2 Å². The van der Waals surface area contributed by atoms with Crippen LogP contribution in [0.5, 0.6) is 0 Å². The number of sulfone groups is 1. The number of ether oxygens (including phenoxy) is 1. The van der Waals surface area contributed by atoms with E-state index in [-0.39, 0.29) is 29.2 Å². The van der Waals surface area contributed by atoms with Crippen molar-refractivity contribution in [1.29, 1.82) is 0 Å². The summed E-state index contributed by atoms with van der Waals surface area (Å²) in [4.78, 5) is 26.7. The molecule has 7 nitrogen and oxygen atoms in total. The molecule has 3 rings (SSSR count). The van der Waals surface area contributed by atoms with E-state index in [1.807, 2.05) is 13.8 Å². The second-order valence-electron chi connectivity index (χ2n) is 7.75. The number of aryl methyl sites for hydroxylation is 1. The Morgan fingerprint density at radius 3 is 2.66 bits per heavy atom. The minimum Gasteiger partial charge on any atom is -0.450 e. The summed E-state index contributed by atoms with van der Waals surface area (Å²) in [5.41, 5.74) is 0.975. The number of para-hydroxylation sites is 1. The van der Waals surface area contributed by atoms with Gasteiger partial charge in [0, 0.05) is 23.5 Å². The molecule has 1 aliphatic heterocycles. The van der Waals surface area contributed by atoms with Gasteiger partial charge in [0.05, 0.1) is 16.5 Å². The number of carbonyl (C=O) groups is 2. The molecule has 0 bridgehead atoms. The Bertz CT molecular complexity index is 1040. The van der Waals surface area contributed by atoms with Gasteiger partial charge in [-0.3, -0.25) is 4.79 Å². The Morgan fingerprint density at radius 2 is 2.07 bits per heavy atom. The summed E-state index contributed by atoms with van der Waals surface area (Å²) < 4.78 is 34.4. The van der Waals surface area contributed by atoms with E-state index in [9.17, 15) is 18.0 Å². The van der Waals surface area contributed by atoms with Crippen molar-refractivity contribution in [1.82, 2.24) is 4.90 Å². The number of halogens is 1. The van der Waals surface area contributed by atoms with Crippen molar-refractivity contribution in [3.05, 3.63) is 34.5 Å². The predicted octanol–water partition coefficient (Wildman–Crippen LogP) is 3.22. The molecule has 1 aromatic carbocycles. The summed E-state index contributed by atoms with van der Waals surface area (Å²) in [6.45, 7) is 5.52. The number of benzene rings is 1. The van der Waals surface area contributed by atoms with Gasteiger partial charge in [0.25, 0.3) is 5.91 Å². The highest BCUT2D eigenvalue weighted by molar-refractivity contribution is 7.91. The van der Waals surface area contributed by atoms with Crippen LogP contribution in [0.15, 0.2) is 22.6 Å². The molecule has 1 atom stereocenters. The lowest BCUT2D eigenvalue weighted by atomic mass is 10.1. The lowest BCUT2D eigenvalue weighted by Gasteiger charge is -2.29. The van der Waals surface area contributed by atoms with Gasteiger partial charge < -0.3 is 14.1 Å². The van der Waals surface area contributed by atoms with E-state index in [0.29, 0.717) is 34.5 Å². The fourth-order valence-electron chi connectivity index (χ4n) is 3.55. The molecule has 0 radical (unpaired) electrons. The SMILES string of the molecule is Cc1c(C(=O)OCC(=O)N(CC(C)C)[C@H]2CCS(=O)(=O)C2)oc2c(Cl)cccc12. The number of amides is 1. The van der Waals surface area contributed by atoms with E-state index >= 15 is 0 Å². The standard InChI is InChI=1S/C20H24ClNO6S/c1-12(2)9-22(14-7-8-29(25,26)11-14)17(23)10-27-20(24)18-13(3)15-5-4-6-16(21)19(15)28-18/h4-6,12,14H,7-11H2,1-3H3/t14-/m0/s1. The van der Waals surface area contributed by atoms with Crippen LogP contribution in [-0.4, -0.2) is 55.9 Å². The summed E-state index contributed by atoms with van der Waals surface area (Å²) in [7, 11) is -3.14. The van der Waals surface area contributed by atoms with Crippen molar-refractivity contribution < 1.29 is 27.2 Å². The van der Waals surface area contributed by atoms with Crippen molar-refractivity contribution in [2.24, 2.45) is 5.92 Å². The summed E-state index contributed by atoms with van der Waals surface area (Å²) in [6.07, 6.45) is 0.399. The van der Waals surface area contributed by atoms with Crippen molar-refractivity contribution in [3.8, 4) is 0 Å². The molecule has 1 amide bonds. The average Bonchev–Trinajstić information content (AvgIpc) is 3.18. The third-order valence-corrected chi connectivity index (χ3v) is 7.01. The Labute approximate surface area is 174 Å². The van der Waals surface area contributed by atoms with Gasteiger partial charge in [-0.2, -0.15) is 0 Å². The van der Waals surface area contributed by atoms with Crippen LogP contribution in [0.1, 0.15) is 36.4 Å². The topological polar surface area (TPSA) is 93.9 Å². The number of esters is 1. The highest BCUT2D eigenvalue weighted by Crippen LogP contribution is 2.31. The van der Waals surface area contributed by atoms with Gasteiger partial charge in [0.2, 0.25) is 5.76 Å². The maximum atomic E-state index is 12.7. The first-order chi connectivity index (χ1) is 13.6. The molecule has 2 aromatic rings. The van der Waals surface area contributed by atoms with Crippen molar-refractivity contribution in [2.45, 2.75) is 33.2 Å². The maximum absolute atomic E-state index is 12.7. The van der Waals surface area contributed by atoms with Crippen LogP contribution in [0.4, 0.5) is 0 Å². The van der Waals surface area contributed by atoms with Crippen LogP contribution in [0, 0.1) is 12.8 Å². The monoisotopic (exact) mass is 441 g/mol.